The van der Waals surface area contributed by atoms with Crippen LogP contribution in [0.15, 0.2) is 35.7 Å². The summed E-state index contributed by atoms with van der Waals surface area (Å²) in [6, 6.07) is 7.43. The highest BCUT2D eigenvalue weighted by Gasteiger charge is 2.23. The van der Waals surface area contributed by atoms with E-state index < -0.39 is 0 Å². The van der Waals surface area contributed by atoms with Crippen LogP contribution in [0.3, 0.4) is 0 Å². The number of rotatable bonds is 10. The summed E-state index contributed by atoms with van der Waals surface area (Å²) in [7, 11) is 4.30. The summed E-state index contributed by atoms with van der Waals surface area (Å²) in [5, 5.41) is 3.73. The predicted molar refractivity (Wildman–Crippen MR) is 112 cm³/mol. The Balaban J connectivity index is 2.92. The second-order valence-electron chi connectivity index (χ2n) is 6.49. The van der Waals surface area contributed by atoms with E-state index >= 15 is 0 Å². The molecule has 0 amide bonds. The minimum atomic E-state index is 0.364. The van der Waals surface area contributed by atoms with Crippen molar-refractivity contribution in [3.05, 3.63) is 30.9 Å². The van der Waals surface area contributed by atoms with Gasteiger partial charge in [0.1, 0.15) is 0 Å². The van der Waals surface area contributed by atoms with Crippen molar-refractivity contribution in [3.8, 4) is 0 Å². The predicted octanol–water partition coefficient (Wildman–Crippen LogP) is 4.81. The lowest BCUT2D eigenvalue weighted by molar-refractivity contribution is 0.222. The average molecular weight is 350 g/mol. The molecule has 3 nitrogen and oxygen atoms in total. The number of thioether (sulfide) groups is 1. The molecule has 4 heteroatoms. The molecule has 136 valence electrons. The molecule has 0 heterocycles. The van der Waals surface area contributed by atoms with Gasteiger partial charge < -0.3 is 10.2 Å². The van der Waals surface area contributed by atoms with Crippen molar-refractivity contribution in [1.82, 2.24) is 4.90 Å². The molecule has 1 N–H and O–H groups in total. The molecule has 0 fully saturated rings. The molecule has 0 aliphatic rings. The van der Waals surface area contributed by atoms with Gasteiger partial charge in [-0.25, -0.2) is 0 Å². The molecular formula is C20H35N3S. The van der Waals surface area contributed by atoms with Gasteiger partial charge in [-0.05, 0) is 57.8 Å². The van der Waals surface area contributed by atoms with Crippen molar-refractivity contribution in [2.75, 3.05) is 43.7 Å². The van der Waals surface area contributed by atoms with Crippen molar-refractivity contribution in [2.24, 2.45) is 5.92 Å². The molecule has 0 saturated heterocycles. The van der Waals surface area contributed by atoms with E-state index in [-0.39, 0.29) is 0 Å². The van der Waals surface area contributed by atoms with E-state index in [0.29, 0.717) is 18.0 Å². The number of benzene rings is 1. The largest absolute Gasteiger partial charge is 0.381 e. The lowest BCUT2D eigenvalue weighted by Crippen LogP contribution is -2.41. The Labute approximate surface area is 153 Å². The first-order valence-corrected chi connectivity index (χ1v) is 10.1. The Morgan fingerprint density at radius 1 is 1.21 bits per heavy atom. The highest BCUT2D eigenvalue weighted by molar-refractivity contribution is 7.98. The van der Waals surface area contributed by atoms with Gasteiger partial charge in [0, 0.05) is 41.9 Å². The Morgan fingerprint density at radius 3 is 2.38 bits per heavy atom. The lowest BCUT2D eigenvalue weighted by atomic mass is 9.93. The van der Waals surface area contributed by atoms with Crippen molar-refractivity contribution in [2.45, 2.75) is 44.7 Å². The Kier molecular flexibility index (Phi) is 8.71. The molecule has 0 aromatic heterocycles. The van der Waals surface area contributed by atoms with E-state index in [9.17, 15) is 0 Å². The first kappa shape index (κ1) is 20.9. The standard InChI is InChI=1S/C20H35N3S/c1-9-19(23(7)11-3)15(4)16(5)21-18-13-12-17(22(6)10-2)14-20(18)24-8/h9,12-16,19,21H,1,10-11H2,2-8H3/t15-,16-,19?/m1/s1. The van der Waals surface area contributed by atoms with Gasteiger partial charge in [0.05, 0.1) is 0 Å². The third-order valence-electron chi connectivity index (χ3n) is 5.06. The van der Waals surface area contributed by atoms with Crippen LogP contribution in [-0.2, 0) is 0 Å². The molecule has 0 aliphatic carbocycles. The van der Waals surface area contributed by atoms with E-state index in [1.165, 1.54) is 16.3 Å². The summed E-state index contributed by atoms with van der Waals surface area (Å²) in [5.41, 5.74) is 2.49. The fraction of sp³-hybridized carbons (Fsp3) is 0.600. The summed E-state index contributed by atoms with van der Waals surface area (Å²) >= 11 is 1.80. The smallest absolute Gasteiger partial charge is 0.0481 e. The van der Waals surface area contributed by atoms with E-state index in [2.05, 4.69) is 94.0 Å². The molecule has 1 unspecified atom stereocenters. The third kappa shape index (κ3) is 5.18. The van der Waals surface area contributed by atoms with Crippen LogP contribution < -0.4 is 10.2 Å². The second kappa shape index (κ2) is 10.00. The summed E-state index contributed by atoms with van der Waals surface area (Å²) in [4.78, 5) is 5.91. The van der Waals surface area contributed by atoms with Crippen LogP contribution in [0.4, 0.5) is 11.4 Å². The van der Waals surface area contributed by atoms with Crippen LogP contribution >= 0.6 is 11.8 Å². The van der Waals surface area contributed by atoms with Gasteiger partial charge in [-0.15, -0.1) is 18.3 Å². The summed E-state index contributed by atoms with van der Waals surface area (Å²) < 4.78 is 0. The van der Waals surface area contributed by atoms with E-state index in [1.807, 2.05) is 0 Å². The lowest BCUT2D eigenvalue weighted by Gasteiger charge is -2.34. The van der Waals surface area contributed by atoms with Crippen LogP contribution in [0.2, 0.25) is 0 Å². The fourth-order valence-corrected chi connectivity index (χ4v) is 3.48. The quantitative estimate of drug-likeness (QED) is 0.482. The van der Waals surface area contributed by atoms with E-state index in [4.69, 9.17) is 0 Å². The maximum Gasteiger partial charge on any atom is 0.0481 e. The molecule has 1 aromatic rings. The molecular weight excluding hydrogens is 314 g/mol. The summed E-state index contributed by atoms with van der Waals surface area (Å²) in [5.74, 6) is 0.472. The minimum Gasteiger partial charge on any atom is -0.381 e. The van der Waals surface area contributed by atoms with Crippen LogP contribution in [0, 0.1) is 5.92 Å². The molecule has 1 rings (SSSR count). The third-order valence-corrected chi connectivity index (χ3v) is 5.84. The van der Waals surface area contributed by atoms with Gasteiger partial charge in [0.25, 0.3) is 0 Å². The molecule has 1 aromatic carbocycles. The topological polar surface area (TPSA) is 18.5 Å². The monoisotopic (exact) mass is 349 g/mol. The van der Waals surface area contributed by atoms with Gasteiger partial charge in [0.15, 0.2) is 0 Å². The molecule has 0 spiro atoms. The van der Waals surface area contributed by atoms with Crippen molar-refractivity contribution >= 4 is 23.1 Å². The molecule has 0 bridgehead atoms. The number of anilines is 2. The highest BCUT2D eigenvalue weighted by atomic mass is 32.2. The van der Waals surface area contributed by atoms with Crippen LogP contribution in [-0.4, -0.2) is 50.4 Å². The number of hydrogen-bond donors (Lipinski definition) is 1. The van der Waals surface area contributed by atoms with Crippen LogP contribution in [0.25, 0.3) is 0 Å². The molecule has 0 aliphatic heterocycles. The van der Waals surface area contributed by atoms with E-state index in [1.54, 1.807) is 11.8 Å². The number of nitrogens with zero attached hydrogens (tertiary/aromatic N) is 2. The maximum atomic E-state index is 4.04. The Morgan fingerprint density at radius 2 is 1.88 bits per heavy atom. The van der Waals surface area contributed by atoms with E-state index in [0.717, 1.165) is 13.1 Å². The highest BCUT2D eigenvalue weighted by Crippen LogP contribution is 2.31. The van der Waals surface area contributed by atoms with Crippen LogP contribution in [0.5, 0.6) is 0 Å². The molecule has 3 atom stereocenters. The van der Waals surface area contributed by atoms with Crippen molar-refractivity contribution in [3.63, 3.8) is 0 Å². The molecule has 0 saturated carbocycles. The Hall–Kier alpha value is -1.13. The summed E-state index contributed by atoms with van der Waals surface area (Å²) in [6.45, 7) is 15.0. The maximum absolute atomic E-state index is 4.04. The first-order valence-electron chi connectivity index (χ1n) is 8.87. The zero-order valence-corrected chi connectivity index (χ0v) is 17.3. The number of nitrogens with one attached hydrogen (secondary N) is 1. The van der Waals surface area contributed by atoms with Gasteiger partial charge in [0.2, 0.25) is 0 Å². The number of hydrogen-bond acceptors (Lipinski definition) is 4. The van der Waals surface area contributed by atoms with Crippen LogP contribution in [0.1, 0.15) is 27.7 Å². The normalized spacial score (nSPS) is 15.0. The van der Waals surface area contributed by atoms with Gasteiger partial charge >= 0.3 is 0 Å². The Bertz CT molecular complexity index is 518. The number of likely N-dealkylation sites (N-methyl/N-ethyl adjacent to an activating group) is 1. The van der Waals surface area contributed by atoms with Crippen molar-refractivity contribution < 1.29 is 0 Å². The SMILES string of the molecule is C=CC([C@H](C)[C@@H](C)Nc1ccc(N(C)CC)cc1SC)N(C)CC. The second-order valence-corrected chi connectivity index (χ2v) is 7.34. The first-order chi connectivity index (χ1) is 11.4. The van der Waals surface area contributed by atoms with Crippen molar-refractivity contribution in [1.29, 1.82) is 0 Å². The average Bonchev–Trinajstić information content (AvgIpc) is 2.61. The van der Waals surface area contributed by atoms with Gasteiger partial charge in [-0.3, -0.25) is 4.90 Å². The van der Waals surface area contributed by atoms with Gasteiger partial charge in [-0.1, -0.05) is 19.9 Å². The zero-order chi connectivity index (χ0) is 18.3. The minimum absolute atomic E-state index is 0.364. The van der Waals surface area contributed by atoms with Gasteiger partial charge in [-0.2, -0.15) is 0 Å². The zero-order valence-electron chi connectivity index (χ0n) is 16.5. The summed E-state index contributed by atoms with van der Waals surface area (Å²) in [6.07, 6.45) is 4.21. The fourth-order valence-electron chi connectivity index (χ4n) is 2.90. The molecule has 0 radical (unpaired) electrons. The molecule has 24 heavy (non-hydrogen) atoms.